The monoisotopic (exact) mass is 829 g/mol. The standard InChI is InChI=1S/C51H89NO7/c1-6-8-10-12-14-16-18-20-22-24-25-26-28-30-32-34-36-38-40-42-50(54)59-47(45-57-44-43-48(51(55)56)52(3,4)5)46-58-49(53)41-39-37-35-33-31-29-27-23-21-19-17-15-13-11-9-7-2/h9,11,15,17,21,23-25,29,31,47-48H,6-8,10,12-14,16,18-20,22,26-28,30,32-46H2,1-5H3/p+1/b11-9+,17-15+,23-21+,25-24+,31-29+. The van der Waals surface area contributed by atoms with E-state index in [1.165, 1.54) is 89.9 Å². The summed E-state index contributed by atoms with van der Waals surface area (Å²) in [6.07, 6.45) is 51.2. The second-order valence-corrected chi connectivity index (χ2v) is 17.0. The normalized spacial score (nSPS) is 13.4. The molecule has 0 aliphatic heterocycles. The Labute approximate surface area is 362 Å². The van der Waals surface area contributed by atoms with Crippen molar-refractivity contribution in [3.05, 3.63) is 60.8 Å². The number of carboxylic acid groups (broad SMARTS) is 1. The second-order valence-electron chi connectivity index (χ2n) is 17.0. The number of rotatable bonds is 42. The summed E-state index contributed by atoms with van der Waals surface area (Å²) < 4.78 is 17.3. The Bertz CT molecular complexity index is 1150. The van der Waals surface area contributed by atoms with Crippen LogP contribution in [0.3, 0.4) is 0 Å². The van der Waals surface area contributed by atoms with Gasteiger partial charge in [-0.3, -0.25) is 9.59 Å². The number of carbonyl (C=O) groups excluding carboxylic acids is 2. The summed E-state index contributed by atoms with van der Waals surface area (Å²) in [6, 6.07) is -0.622. The number of aliphatic carboxylic acids is 1. The third-order valence-electron chi connectivity index (χ3n) is 10.4. The van der Waals surface area contributed by atoms with Crippen molar-refractivity contribution in [2.45, 2.75) is 206 Å². The quantitative estimate of drug-likeness (QED) is 0.0283. The first-order valence-electron chi connectivity index (χ1n) is 23.8. The molecular weight excluding hydrogens is 739 g/mol. The predicted octanol–water partition coefficient (Wildman–Crippen LogP) is 13.4. The van der Waals surface area contributed by atoms with Crippen LogP contribution in [0.1, 0.15) is 194 Å². The van der Waals surface area contributed by atoms with Gasteiger partial charge in [0.1, 0.15) is 6.61 Å². The lowest BCUT2D eigenvalue weighted by molar-refractivity contribution is -0.887. The number of unbranched alkanes of at least 4 members (excludes halogenated alkanes) is 18. The van der Waals surface area contributed by atoms with Gasteiger partial charge in [-0.2, -0.15) is 0 Å². The number of likely N-dealkylation sites (N-methyl/N-ethyl adjacent to an activating group) is 1. The van der Waals surface area contributed by atoms with Gasteiger partial charge in [0.2, 0.25) is 0 Å². The molecule has 59 heavy (non-hydrogen) atoms. The summed E-state index contributed by atoms with van der Waals surface area (Å²) in [5, 5.41) is 9.63. The van der Waals surface area contributed by atoms with Crippen LogP contribution in [0.15, 0.2) is 60.8 Å². The minimum atomic E-state index is -0.881. The molecule has 8 heteroatoms. The molecule has 0 bridgehead atoms. The van der Waals surface area contributed by atoms with Crippen LogP contribution in [0.2, 0.25) is 0 Å². The molecule has 0 heterocycles. The Morgan fingerprint density at radius 1 is 0.525 bits per heavy atom. The topological polar surface area (TPSA) is 99.1 Å². The minimum absolute atomic E-state index is 0.0474. The van der Waals surface area contributed by atoms with Crippen molar-refractivity contribution >= 4 is 17.9 Å². The zero-order valence-corrected chi connectivity index (χ0v) is 38.7. The molecule has 0 spiro atoms. The first-order chi connectivity index (χ1) is 28.6. The Kier molecular flexibility index (Phi) is 39.6. The first kappa shape index (κ1) is 56.0. The van der Waals surface area contributed by atoms with Crippen molar-refractivity contribution in [1.29, 1.82) is 0 Å². The van der Waals surface area contributed by atoms with Gasteiger partial charge in [0, 0.05) is 19.3 Å². The maximum Gasteiger partial charge on any atom is 0.362 e. The SMILES string of the molecule is CC/C=C/C/C=C/C/C=C/C/C=C/CCCCCC(=O)OCC(COCCC(C(=O)O)[N+](C)(C)C)OC(=O)CCCCCCCCC/C=C/CCCCCCCCCC. The lowest BCUT2D eigenvalue weighted by Gasteiger charge is -2.31. The molecule has 0 aromatic heterocycles. The molecule has 0 aromatic rings. The number of carbonyl (C=O) groups is 3. The molecule has 2 unspecified atom stereocenters. The number of ether oxygens (including phenoxy) is 3. The van der Waals surface area contributed by atoms with E-state index in [4.69, 9.17) is 14.2 Å². The van der Waals surface area contributed by atoms with Crippen molar-refractivity contribution < 1.29 is 38.2 Å². The smallest absolute Gasteiger partial charge is 0.362 e. The van der Waals surface area contributed by atoms with Gasteiger partial charge in [0.15, 0.2) is 12.1 Å². The van der Waals surface area contributed by atoms with Crippen molar-refractivity contribution in [3.8, 4) is 0 Å². The summed E-state index contributed by atoms with van der Waals surface area (Å²) in [5.41, 5.74) is 0. The number of hydrogen-bond acceptors (Lipinski definition) is 6. The summed E-state index contributed by atoms with van der Waals surface area (Å²) in [6.45, 7) is 4.59. The largest absolute Gasteiger partial charge is 0.477 e. The maximum absolute atomic E-state index is 12.8. The van der Waals surface area contributed by atoms with Crippen LogP contribution < -0.4 is 0 Å². The maximum atomic E-state index is 12.8. The third kappa shape index (κ3) is 40.2. The first-order valence-corrected chi connectivity index (χ1v) is 23.8. The highest BCUT2D eigenvalue weighted by molar-refractivity contribution is 5.72. The van der Waals surface area contributed by atoms with E-state index in [2.05, 4.69) is 74.6 Å². The van der Waals surface area contributed by atoms with Gasteiger partial charge in [-0.05, 0) is 77.0 Å². The van der Waals surface area contributed by atoms with Crippen LogP contribution in [0, 0.1) is 0 Å². The van der Waals surface area contributed by atoms with Crippen molar-refractivity contribution in [1.82, 2.24) is 0 Å². The molecule has 0 saturated heterocycles. The van der Waals surface area contributed by atoms with Gasteiger partial charge in [0.25, 0.3) is 0 Å². The fraction of sp³-hybridized carbons (Fsp3) is 0.745. The lowest BCUT2D eigenvalue weighted by atomic mass is 10.1. The summed E-state index contributed by atoms with van der Waals surface area (Å²) in [7, 11) is 5.52. The average Bonchev–Trinajstić information content (AvgIpc) is 3.19. The molecule has 0 fully saturated rings. The van der Waals surface area contributed by atoms with E-state index in [0.717, 1.165) is 70.6 Å². The summed E-state index contributed by atoms with van der Waals surface area (Å²) in [5.74, 6) is -1.51. The van der Waals surface area contributed by atoms with Crippen LogP contribution in [-0.4, -0.2) is 80.6 Å². The average molecular weight is 829 g/mol. The van der Waals surface area contributed by atoms with Crippen molar-refractivity contribution in [3.63, 3.8) is 0 Å². The van der Waals surface area contributed by atoms with E-state index in [0.29, 0.717) is 19.3 Å². The van der Waals surface area contributed by atoms with Gasteiger partial charge in [-0.25, -0.2) is 4.79 Å². The van der Waals surface area contributed by atoms with Gasteiger partial charge in [-0.15, -0.1) is 0 Å². The number of quaternary nitrogens is 1. The van der Waals surface area contributed by atoms with E-state index >= 15 is 0 Å². The third-order valence-corrected chi connectivity index (χ3v) is 10.4. The fourth-order valence-electron chi connectivity index (χ4n) is 6.72. The van der Waals surface area contributed by atoms with E-state index < -0.39 is 18.1 Å². The van der Waals surface area contributed by atoms with Crippen LogP contribution in [0.5, 0.6) is 0 Å². The van der Waals surface area contributed by atoms with Crippen LogP contribution in [-0.2, 0) is 28.6 Å². The zero-order chi connectivity index (χ0) is 43.5. The summed E-state index contributed by atoms with van der Waals surface area (Å²) >= 11 is 0. The van der Waals surface area contributed by atoms with Gasteiger partial charge < -0.3 is 23.8 Å². The van der Waals surface area contributed by atoms with Crippen LogP contribution >= 0.6 is 0 Å². The molecule has 0 aliphatic rings. The van der Waals surface area contributed by atoms with Crippen LogP contribution in [0.25, 0.3) is 0 Å². The highest BCUT2D eigenvalue weighted by Crippen LogP contribution is 2.14. The number of allylic oxidation sites excluding steroid dienone is 10. The molecule has 340 valence electrons. The number of hydrogen-bond donors (Lipinski definition) is 1. The Hall–Kier alpha value is -2.97. The van der Waals surface area contributed by atoms with E-state index in [1.807, 2.05) is 21.1 Å². The van der Waals surface area contributed by atoms with Gasteiger partial charge in [-0.1, -0.05) is 158 Å². The highest BCUT2D eigenvalue weighted by atomic mass is 16.6. The molecule has 2 atom stereocenters. The summed E-state index contributed by atoms with van der Waals surface area (Å²) in [4.78, 5) is 37.1. The van der Waals surface area contributed by atoms with Crippen LogP contribution in [0.4, 0.5) is 0 Å². The van der Waals surface area contributed by atoms with Gasteiger partial charge >= 0.3 is 17.9 Å². The van der Waals surface area contributed by atoms with E-state index in [1.54, 1.807) is 0 Å². The van der Waals surface area contributed by atoms with E-state index in [9.17, 15) is 19.5 Å². The number of nitrogens with zero attached hydrogens (tertiary/aromatic N) is 1. The lowest BCUT2D eigenvalue weighted by Crippen LogP contribution is -2.50. The second kappa shape index (κ2) is 41.8. The van der Waals surface area contributed by atoms with Gasteiger partial charge in [0.05, 0.1) is 34.4 Å². The van der Waals surface area contributed by atoms with Crippen molar-refractivity contribution in [2.24, 2.45) is 0 Å². The molecule has 1 N–H and O–H groups in total. The molecular formula is C51H90NO7+. The molecule has 0 amide bonds. The molecule has 0 saturated carbocycles. The Morgan fingerprint density at radius 3 is 1.44 bits per heavy atom. The number of esters is 2. The molecule has 0 aromatic carbocycles. The highest BCUT2D eigenvalue weighted by Gasteiger charge is 2.31. The Balaban J connectivity index is 4.35. The molecule has 8 nitrogen and oxygen atoms in total. The predicted molar refractivity (Wildman–Crippen MR) is 247 cm³/mol. The minimum Gasteiger partial charge on any atom is -0.477 e. The number of carboxylic acids is 1. The van der Waals surface area contributed by atoms with E-state index in [-0.39, 0.29) is 36.2 Å². The molecule has 0 rings (SSSR count). The molecule has 0 radical (unpaired) electrons. The Morgan fingerprint density at radius 2 is 0.949 bits per heavy atom. The fourth-order valence-corrected chi connectivity index (χ4v) is 6.72. The zero-order valence-electron chi connectivity index (χ0n) is 38.7. The van der Waals surface area contributed by atoms with Crippen molar-refractivity contribution in [2.75, 3.05) is 41.0 Å². The molecule has 0 aliphatic carbocycles.